The highest BCUT2D eigenvalue weighted by molar-refractivity contribution is 7.89. The summed E-state index contributed by atoms with van der Waals surface area (Å²) in [6.07, 6.45) is 3.15. The van der Waals surface area contributed by atoms with Crippen molar-refractivity contribution in [2.45, 2.75) is 30.2 Å². The first-order chi connectivity index (χ1) is 11.0. The topological polar surface area (TPSA) is 81.9 Å². The van der Waals surface area contributed by atoms with Gasteiger partial charge in [0.2, 0.25) is 10.0 Å². The van der Waals surface area contributed by atoms with Gasteiger partial charge in [-0.2, -0.15) is 4.31 Å². The molecular formula is C16H24N2O4S. The lowest BCUT2D eigenvalue weighted by atomic mass is 9.78. The molecule has 1 aromatic carbocycles. The Morgan fingerprint density at radius 3 is 2.52 bits per heavy atom. The summed E-state index contributed by atoms with van der Waals surface area (Å²) in [5.74, 6) is 1.60. The third-order valence-electron chi connectivity index (χ3n) is 5.11. The molecule has 23 heavy (non-hydrogen) atoms. The van der Waals surface area contributed by atoms with E-state index in [-0.39, 0.29) is 16.9 Å². The van der Waals surface area contributed by atoms with Crippen molar-refractivity contribution in [1.82, 2.24) is 4.31 Å². The van der Waals surface area contributed by atoms with Gasteiger partial charge in [0.05, 0.1) is 19.1 Å². The average Bonchev–Trinajstić information content (AvgIpc) is 3.00. The summed E-state index contributed by atoms with van der Waals surface area (Å²) in [4.78, 5) is 0.238. The van der Waals surface area contributed by atoms with Crippen molar-refractivity contribution in [2.75, 3.05) is 27.3 Å². The zero-order chi connectivity index (χ0) is 16.6. The van der Waals surface area contributed by atoms with Gasteiger partial charge in [-0.15, -0.1) is 0 Å². The predicted molar refractivity (Wildman–Crippen MR) is 87.1 cm³/mol. The van der Waals surface area contributed by atoms with Crippen LogP contribution < -0.4 is 15.2 Å². The van der Waals surface area contributed by atoms with Gasteiger partial charge in [0.1, 0.15) is 0 Å². The molecule has 0 bridgehead atoms. The van der Waals surface area contributed by atoms with E-state index >= 15 is 0 Å². The first-order valence-corrected chi connectivity index (χ1v) is 9.39. The normalized spacial score (nSPS) is 28.4. The Morgan fingerprint density at radius 1 is 1.13 bits per heavy atom. The lowest BCUT2D eigenvalue weighted by Crippen LogP contribution is -2.38. The van der Waals surface area contributed by atoms with Gasteiger partial charge in [0, 0.05) is 25.2 Å². The molecule has 1 aliphatic carbocycles. The van der Waals surface area contributed by atoms with Crippen LogP contribution in [-0.2, 0) is 10.0 Å². The highest BCUT2D eigenvalue weighted by Crippen LogP contribution is 2.38. The number of fused-ring (bicyclic) bond motifs is 1. The Balaban J connectivity index is 1.87. The molecule has 3 unspecified atom stereocenters. The van der Waals surface area contributed by atoms with Crippen molar-refractivity contribution >= 4 is 10.0 Å². The second-order valence-electron chi connectivity index (χ2n) is 6.36. The van der Waals surface area contributed by atoms with E-state index in [4.69, 9.17) is 15.2 Å². The van der Waals surface area contributed by atoms with E-state index in [1.807, 2.05) is 0 Å². The maximum Gasteiger partial charge on any atom is 0.243 e. The minimum Gasteiger partial charge on any atom is -0.493 e. The van der Waals surface area contributed by atoms with Gasteiger partial charge >= 0.3 is 0 Å². The Bertz CT molecular complexity index is 677. The lowest BCUT2D eigenvalue weighted by Gasteiger charge is -2.29. The van der Waals surface area contributed by atoms with Crippen molar-refractivity contribution in [3.05, 3.63) is 18.2 Å². The fraction of sp³-hybridized carbons (Fsp3) is 0.625. The molecule has 6 nitrogen and oxygen atoms in total. The van der Waals surface area contributed by atoms with Crippen molar-refractivity contribution in [1.29, 1.82) is 0 Å². The quantitative estimate of drug-likeness (QED) is 0.897. The van der Waals surface area contributed by atoms with Crippen LogP contribution in [0.5, 0.6) is 11.5 Å². The monoisotopic (exact) mass is 340 g/mol. The highest BCUT2D eigenvalue weighted by atomic mass is 32.2. The van der Waals surface area contributed by atoms with Crippen LogP contribution >= 0.6 is 0 Å². The van der Waals surface area contributed by atoms with E-state index in [1.54, 1.807) is 16.4 Å². The van der Waals surface area contributed by atoms with Gasteiger partial charge in [-0.1, -0.05) is 6.42 Å². The first-order valence-electron chi connectivity index (χ1n) is 7.95. The van der Waals surface area contributed by atoms with Crippen molar-refractivity contribution in [2.24, 2.45) is 17.6 Å². The Morgan fingerprint density at radius 2 is 1.87 bits per heavy atom. The smallest absolute Gasteiger partial charge is 0.243 e. The van der Waals surface area contributed by atoms with Crippen LogP contribution in [0.3, 0.4) is 0 Å². The summed E-state index contributed by atoms with van der Waals surface area (Å²) in [5, 5.41) is 0. The minimum atomic E-state index is -3.54. The number of nitrogens with two attached hydrogens (primary N) is 1. The number of ether oxygens (including phenoxy) is 2. The standard InChI is InChI=1S/C16H24N2O4S/c1-21-15-7-6-12(8-16(15)22-2)23(19,20)18-9-11-4-3-5-14(17)13(11)10-18/h6-8,11,13-14H,3-5,9-10,17H2,1-2H3. The molecule has 0 aromatic heterocycles. The van der Waals surface area contributed by atoms with Crippen molar-refractivity contribution in [3.8, 4) is 11.5 Å². The fourth-order valence-corrected chi connectivity index (χ4v) is 5.35. The number of hydrogen-bond donors (Lipinski definition) is 1. The molecule has 1 heterocycles. The summed E-state index contributed by atoms with van der Waals surface area (Å²) in [6, 6.07) is 4.83. The molecule has 1 saturated heterocycles. The number of sulfonamides is 1. The van der Waals surface area contributed by atoms with E-state index in [0.29, 0.717) is 30.5 Å². The third kappa shape index (κ3) is 2.93. The van der Waals surface area contributed by atoms with Gasteiger partial charge in [-0.25, -0.2) is 8.42 Å². The zero-order valence-corrected chi connectivity index (χ0v) is 14.4. The van der Waals surface area contributed by atoms with Gasteiger partial charge in [-0.3, -0.25) is 0 Å². The maximum absolute atomic E-state index is 12.9. The van der Waals surface area contributed by atoms with Gasteiger partial charge in [0.25, 0.3) is 0 Å². The highest BCUT2D eigenvalue weighted by Gasteiger charge is 2.43. The molecule has 2 N–H and O–H groups in total. The predicted octanol–water partition coefficient (Wildman–Crippen LogP) is 1.45. The van der Waals surface area contributed by atoms with Crippen LogP contribution in [0.1, 0.15) is 19.3 Å². The summed E-state index contributed by atoms with van der Waals surface area (Å²) < 4.78 is 37.8. The van der Waals surface area contributed by atoms with E-state index in [1.165, 1.54) is 20.3 Å². The SMILES string of the molecule is COc1ccc(S(=O)(=O)N2CC3CCCC(N)C3C2)cc1OC. The van der Waals surface area contributed by atoms with E-state index in [9.17, 15) is 8.42 Å². The number of nitrogens with zero attached hydrogens (tertiary/aromatic N) is 1. The molecule has 1 saturated carbocycles. The number of hydrogen-bond acceptors (Lipinski definition) is 5. The maximum atomic E-state index is 12.9. The van der Waals surface area contributed by atoms with E-state index in [0.717, 1.165) is 19.3 Å². The molecule has 0 amide bonds. The summed E-state index contributed by atoms with van der Waals surface area (Å²) in [7, 11) is -0.512. The largest absolute Gasteiger partial charge is 0.493 e. The summed E-state index contributed by atoms with van der Waals surface area (Å²) >= 11 is 0. The van der Waals surface area contributed by atoms with Crippen LogP contribution in [0.4, 0.5) is 0 Å². The molecule has 0 radical (unpaired) electrons. The third-order valence-corrected chi connectivity index (χ3v) is 6.94. The number of rotatable bonds is 4. The molecule has 0 spiro atoms. The van der Waals surface area contributed by atoms with Crippen LogP contribution in [0.25, 0.3) is 0 Å². The van der Waals surface area contributed by atoms with E-state index < -0.39 is 10.0 Å². The van der Waals surface area contributed by atoms with Crippen LogP contribution in [0.15, 0.2) is 23.1 Å². The Hall–Kier alpha value is -1.31. The average molecular weight is 340 g/mol. The van der Waals surface area contributed by atoms with Gasteiger partial charge in [-0.05, 0) is 36.8 Å². The molecule has 1 aromatic rings. The Kier molecular flexibility index (Phi) is 4.53. The van der Waals surface area contributed by atoms with Gasteiger partial charge < -0.3 is 15.2 Å². The second kappa shape index (κ2) is 6.30. The Labute approximate surface area is 137 Å². The summed E-state index contributed by atoms with van der Waals surface area (Å²) in [6.45, 7) is 1.08. The minimum absolute atomic E-state index is 0.111. The van der Waals surface area contributed by atoms with Crippen LogP contribution in [0, 0.1) is 11.8 Å². The zero-order valence-electron chi connectivity index (χ0n) is 13.6. The van der Waals surface area contributed by atoms with Crippen LogP contribution in [0.2, 0.25) is 0 Å². The molecule has 2 fully saturated rings. The van der Waals surface area contributed by atoms with Crippen molar-refractivity contribution < 1.29 is 17.9 Å². The molecule has 1 aliphatic heterocycles. The fourth-order valence-electron chi connectivity index (χ4n) is 3.80. The lowest BCUT2D eigenvalue weighted by molar-refractivity contribution is 0.260. The second-order valence-corrected chi connectivity index (χ2v) is 8.30. The van der Waals surface area contributed by atoms with Crippen LogP contribution in [-0.4, -0.2) is 46.1 Å². The van der Waals surface area contributed by atoms with Gasteiger partial charge in [0.15, 0.2) is 11.5 Å². The number of benzene rings is 1. The first kappa shape index (κ1) is 16.5. The molecule has 2 aliphatic rings. The molecule has 3 rings (SSSR count). The van der Waals surface area contributed by atoms with E-state index in [2.05, 4.69) is 0 Å². The summed E-state index contributed by atoms with van der Waals surface area (Å²) in [5.41, 5.74) is 6.19. The van der Waals surface area contributed by atoms with Crippen molar-refractivity contribution in [3.63, 3.8) is 0 Å². The molecule has 3 atom stereocenters. The molecule has 128 valence electrons. The number of methoxy groups -OCH3 is 2. The molecule has 7 heteroatoms. The molecular weight excluding hydrogens is 316 g/mol.